The summed E-state index contributed by atoms with van der Waals surface area (Å²) in [6.07, 6.45) is 0. The highest BCUT2D eigenvalue weighted by molar-refractivity contribution is 5.51. The molecule has 1 aromatic rings. The van der Waals surface area contributed by atoms with E-state index < -0.39 is 0 Å². The minimum Gasteiger partial charge on any atom is -0.504 e. The number of rotatable bonds is 3. The molecule has 0 spiro atoms. The lowest BCUT2D eigenvalue weighted by molar-refractivity contribution is 0.359. The Bertz CT molecular complexity index is 323. The fourth-order valence-electron chi connectivity index (χ4n) is 1.22. The molecule has 14 heavy (non-hydrogen) atoms. The van der Waals surface area contributed by atoms with Gasteiger partial charge in [-0.25, -0.2) is 0 Å². The molecule has 0 amide bonds. The Balaban J connectivity index is 3.27. The van der Waals surface area contributed by atoms with Gasteiger partial charge in [-0.05, 0) is 13.0 Å². The minimum atomic E-state index is -0.265. The van der Waals surface area contributed by atoms with Gasteiger partial charge in [0.2, 0.25) is 0 Å². The second-order valence-electron chi connectivity index (χ2n) is 3.06. The number of hydrogen-bond acceptors (Lipinski definition) is 4. The van der Waals surface area contributed by atoms with E-state index >= 15 is 0 Å². The normalized spacial score (nSPS) is 12.3. The van der Waals surface area contributed by atoms with Crippen molar-refractivity contribution >= 4 is 0 Å². The van der Waals surface area contributed by atoms with Crippen LogP contribution in [-0.4, -0.2) is 19.3 Å². The van der Waals surface area contributed by atoms with Crippen LogP contribution in [-0.2, 0) is 0 Å². The number of aromatic hydroxyl groups is 1. The first-order chi connectivity index (χ1) is 6.60. The van der Waals surface area contributed by atoms with E-state index in [1.807, 2.05) is 0 Å². The maximum Gasteiger partial charge on any atom is 0.164 e. The zero-order chi connectivity index (χ0) is 10.7. The van der Waals surface area contributed by atoms with Gasteiger partial charge < -0.3 is 20.3 Å². The van der Waals surface area contributed by atoms with E-state index in [-0.39, 0.29) is 11.8 Å². The molecule has 3 N–H and O–H groups in total. The van der Waals surface area contributed by atoms with E-state index in [1.54, 1.807) is 26.2 Å². The third-order valence-corrected chi connectivity index (χ3v) is 2.02. The molecule has 1 aromatic carbocycles. The minimum absolute atomic E-state index is 0.0725. The number of ether oxygens (including phenoxy) is 2. The molecule has 0 radical (unpaired) electrons. The van der Waals surface area contributed by atoms with Crippen molar-refractivity contribution in [2.24, 2.45) is 5.73 Å². The summed E-state index contributed by atoms with van der Waals surface area (Å²) in [4.78, 5) is 0. The van der Waals surface area contributed by atoms with Crippen LogP contribution < -0.4 is 15.2 Å². The molecule has 0 aliphatic carbocycles. The highest BCUT2D eigenvalue weighted by Gasteiger charge is 2.13. The van der Waals surface area contributed by atoms with Gasteiger partial charge >= 0.3 is 0 Å². The number of methoxy groups -OCH3 is 2. The zero-order valence-corrected chi connectivity index (χ0v) is 8.57. The average molecular weight is 197 g/mol. The molecule has 0 saturated carbocycles. The Kier molecular flexibility index (Phi) is 3.19. The Hall–Kier alpha value is -1.42. The van der Waals surface area contributed by atoms with Crippen molar-refractivity contribution < 1.29 is 14.6 Å². The number of benzene rings is 1. The van der Waals surface area contributed by atoms with Gasteiger partial charge in [0, 0.05) is 17.7 Å². The Morgan fingerprint density at radius 2 is 1.93 bits per heavy atom. The summed E-state index contributed by atoms with van der Waals surface area (Å²) in [7, 11) is 3.04. The summed E-state index contributed by atoms with van der Waals surface area (Å²) in [6, 6.07) is 3.04. The predicted octanol–water partition coefficient (Wildman–Crippen LogP) is 1.43. The molecular weight excluding hydrogens is 182 g/mol. The van der Waals surface area contributed by atoms with Gasteiger partial charge in [-0.15, -0.1) is 0 Å². The third-order valence-electron chi connectivity index (χ3n) is 2.02. The lowest BCUT2D eigenvalue weighted by Gasteiger charge is -2.13. The molecule has 0 bridgehead atoms. The van der Waals surface area contributed by atoms with E-state index in [0.29, 0.717) is 17.1 Å². The first-order valence-corrected chi connectivity index (χ1v) is 4.30. The second kappa shape index (κ2) is 4.19. The largest absolute Gasteiger partial charge is 0.504 e. The lowest BCUT2D eigenvalue weighted by atomic mass is 10.1. The van der Waals surface area contributed by atoms with Crippen LogP contribution in [0, 0.1) is 0 Å². The molecule has 1 atom stereocenters. The van der Waals surface area contributed by atoms with Crippen molar-refractivity contribution in [2.45, 2.75) is 13.0 Å². The van der Waals surface area contributed by atoms with Crippen LogP contribution in [0.3, 0.4) is 0 Å². The Labute approximate surface area is 83.3 Å². The number of phenolic OH excluding ortho intramolecular Hbond substituents is 1. The van der Waals surface area contributed by atoms with E-state index in [9.17, 15) is 5.11 Å². The summed E-state index contributed by atoms with van der Waals surface area (Å²) in [5, 5.41) is 9.72. The fourth-order valence-corrected chi connectivity index (χ4v) is 1.22. The fraction of sp³-hybridized carbons (Fsp3) is 0.400. The maximum absolute atomic E-state index is 9.72. The molecule has 1 rings (SSSR count). The van der Waals surface area contributed by atoms with Crippen LogP contribution in [0.15, 0.2) is 12.1 Å². The first-order valence-electron chi connectivity index (χ1n) is 4.30. The van der Waals surface area contributed by atoms with E-state index in [1.165, 1.54) is 7.11 Å². The van der Waals surface area contributed by atoms with Crippen molar-refractivity contribution in [1.82, 2.24) is 0 Å². The van der Waals surface area contributed by atoms with E-state index in [0.717, 1.165) is 0 Å². The van der Waals surface area contributed by atoms with Crippen LogP contribution in [0.5, 0.6) is 17.2 Å². The lowest BCUT2D eigenvalue weighted by Crippen LogP contribution is -2.06. The summed E-state index contributed by atoms with van der Waals surface area (Å²) >= 11 is 0. The SMILES string of the molecule is COc1cc(OC)c(O)c([C@@H](C)N)c1. The van der Waals surface area contributed by atoms with Crippen molar-refractivity contribution in [1.29, 1.82) is 0 Å². The van der Waals surface area contributed by atoms with Crippen molar-refractivity contribution in [3.05, 3.63) is 17.7 Å². The van der Waals surface area contributed by atoms with Crippen molar-refractivity contribution in [3.63, 3.8) is 0 Å². The van der Waals surface area contributed by atoms with Crippen LogP contribution in [0.25, 0.3) is 0 Å². The summed E-state index contributed by atoms with van der Waals surface area (Å²) in [5.41, 5.74) is 6.30. The van der Waals surface area contributed by atoms with Gasteiger partial charge in [0.15, 0.2) is 11.5 Å². The molecule has 0 fully saturated rings. The van der Waals surface area contributed by atoms with Gasteiger partial charge in [0.05, 0.1) is 14.2 Å². The summed E-state index contributed by atoms with van der Waals surface area (Å²) in [6.45, 7) is 1.79. The topological polar surface area (TPSA) is 64.7 Å². The van der Waals surface area contributed by atoms with Crippen LogP contribution in [0.2, 0.25) is 0 Å². The van der Waals surface area contributed by atoms with Crippen molar-refractivity contribution in [2.75, 3.05) is 14.2 Å². The number of hydrogen-bond donors (Lipinski definition) is 2. The maximum atomic E-state index is 9.72. The smallest absolute Gasteiger partial charge is 0.164 e. The summed E-state index contributed by atoms with van der Waals surface area (Å²) in [5.74, 6) is 1.06. The number of phenols is 1. The predicted molar refractivity (Wildman–Crippen MR) is 53.8 cm³/mol. The molecule has 78 valence electrons. The Morgan fingerprint density at radius 3 is 2.36 bits per heavy atom. The number of nitrogens with two attached hydrogens (primary N) is 1. The van der Waals surface area contributed by atoms with Crippen LogP contribution in [0.4, 0.5) is 0 Å². The van der Waals surface area contributed by atoms with E-state index in [2.05, 4.69) is 0 Å². The zero-order valence-electron chi connectivity index (χ0n) is 8.57. The van der Waals surface area contributed by atoms with Gasteiger partial charge in [-0.2, -0.15) is 0 Å². The van der Waals surface area contributed by atoms with Gasteiger partial charge in [-0.3, -0.25) is 0 Å². The van der Waals surface area contributed by atoms with Crippen LogP contribution in [0.1, 0.15) is 18.5 Å². The van der Waals surface area contributed by atoms with E-state index in [4.69, 9.17) is 15.2 Å². The average Bonchev–Trinajstić information content (AvgIpc) is 2.17. The molecule has 4 heteroatoms. The molecule has 4 nitrogen and oxygen atoms in total. The highest BCUT2D eigenvalue weighted by atomic mass is 16.5. The molecule has 0 heterocycles. The van der Waals surface area contributed by atoms with Gasteiger partial charge in [0.25, 0.3) is 0 Å². The standard InChI is InChI=1S/C10H15NO3/c1-6(11)8-4-7(13-2)5-9(14-3)10(8)12/h4-6,12H,11H2,1-3H3/t6-/m1/s1. The molecular formula is C10H15NO3. The Morgan fingerprint density at radius 1 is 1.29 bits per heavy atom. The molecule has 0 aromatic heterocycles. The first kappa shape index (κ1) is 10.7. The van der Waals surface area contributed by atoms with Crippen LogP contribution >= 0.6 is 0 Å². The quantitative estimate of drug-likeness (QED) is 0.769. The molecule has 0 aliphatic rings. The monoisotopic (exact) mass is 197 g/mol. The third kappa shape index (κ3) is 1.90. The van der Waals surface area contributed by atoms with Gasteiger partial charge in [-0.1, -0.05) is 0 Å². The van der Waals surface area contributed by atoms with Gasteiger partial charge in [0.1, 0.15) is 5.75 Å². The summed E-state index contributed by atoms with van der Waals surface area (Å²) < 4.78 is 10.0. The molecule has 0 saturated heterocycles. The highest BCUT2D eigenvalue weighted by Crippen LogP contribution is 2.36. The van der Waals surface area contributed by atoms with Crippen molar-refractivity contribution in [3.8, 4) is 17.2 Å². The molecule has 0 unspecified atom stereocenters. The second-order valence-corrected chi connectivity index (χ2v) is 3.06. The molecule has 0 aliphatic heterocycles.